The number of hydrogen-bond donors (Lipinski definition) is 0. The second-order valence-corrected chi connectivity index (χ2v) is 11.5. The van der Waals surface area contributed by atoms with Crippen molar-refractivity contribution in [3.63, 3.8) is 0 Å². The number of aromatic nitrogens is 2. The summed E-state index contributed by atoms with van der Waals surface area (Å²) in [5, 5.41) is 4.72. The van der Waals surface area contributed by atoms with Crippen LogP contribution in [0, 0.1) is 6.92 Å². The molecule has 1 aliphatic heterocycles. The third-order valence-corrected chi connectivity index (χ3v) is 9.15. The highest BCUT2D eigenvalue weighted by molar-refractivity contribution is 7.91. The average Bonchev–Trinajstić information content (AvgIpc) is 3.38. The third-order valence-electron chi connectivity index (χ3n) is 5.78. The van der Waals surface area contributed by atoms with Gasteiger partial charge in [0.15, 0.2) is 0 Å². The molecule has 2 fully saturated rings. The number of benzene rings is 1. The molecule has 1 amide bonds. The van der Waals surface area contributed by atoms with Crippen LogP contribution < -0.4 is 0 Å². The number of hydrogen-bond acceptors (Lipinski definition) is 5. The summed E-state index contributed by atoms with van der Waals surface area (Å²) in [6, 6.07) is 15.1. The molecule has 0 unspecified atom stereocenters. The second-order valence-electron chi connectivity index (χ2n) is 8.04. The van der Waals surface area contributed by atoms with Crippen LogP contribution in [-0.4, -0.2) is 59.5 Å². The number of piperazine rings is 1. The van der Waals surface area contributed by atoms with E-state index in [9.17, 15) is 13.2 Å². The summed E-state index contributed by atoms with van der Waals surface area (Å²) in [6.07, 6.45) is 2.22. The van der Waals surface area contributed by atoms with Crippen molar-refractivity contribution in [2.45, 2.75) is 29.9 Å². The highest BCUT2D eigenvalue weighted by Gasteiger charge is 2.34. The predicted octanol–water partition coefficient (Wildman–Crippen LogP) is 3.27. The molecule has 3 aromatic rings. The SMILES string of the molecule is Cc1ccc(S(=O)(=O)N2CCN(C(=O)c3cc(C4CC4)nn3-c3ccccc3)CC2)s1. The Morgan fingerprint density at radius 3 is 2.35 bits per heavy atom. The molecule has 9 heteroatoms. The number of amides is 1. The lowest BCUT2D eigenvalue weighted by Gasteiger charge is -2.33. The first-order valence-electron chi connectivity index (χ1n) is 10.4. The van der Waals surface area contributed by atoms with E-state index in [2.05, 4.69) is 0 Å². The van der Waals surface area contributed by atoms with E-state index < -0.39 is 10.0 Å². The average molecular weight is 457 g/mol. The quantitative estimate of drug-likeness (QED) is 0.591. The summed E-state index contributed by atoms with van der Waals surface area (Å²) in [5.74, 6) is 0.333. The molecule has 31 heavy (non-hydrogen) atoms. The molecule has 7 nitrogen and oxygen atoms in total. The topological polar surface area (TPSA) is 75.5 Å². The van der Waals surface area contributed by atoms with Crippen molar-refractivity contribution in [2.75, 3.05) is 26.2 Å². The summed E-state index contributed by atoms with van der Waals surface area (Å²) in [7, 11) is -3.51. The fraction of sp³-hybridized carbons (Fsp3) is 0.364. The van der Waals surface area contributed by atoms with Gasteiger partial charge >= 0.3 is 0 Å². The fourth-order valence-electron chi connectivity index (χ4n) is 3.87. The normalized spacial score (nSPS) is 17.8. The summed E-state index contributed by atoms with van der Waals surface area (Å²) < 4.78 is 29.4. The smallest absolute Gasteiger partial charge is 0.272 e. The van der Waals surface area contributed by atoms with E-state index in [1.54, 1.807) is 15.6 Å². The summed E-state index contributed by atoms with van der Waals surface area (Å²) >= 11 is 1.28. The van der Waals surface area contributed by atoms with Crippen LogP contribution in [0.4, 0.5) is 0 Å². The van der Waals surface area contributed by atoms with E-state index in [4.69, 9.17) is 5.10 Å². The van der Waals surface area contributed by atoms with Crippen molar-refractivity contribution in [2.24, 2.45) is 0 Å². The number of carbonyl (C=O) groups excluding carboxylic acids is 1. The van der Waals surface area contributed by atoms with Gasteiger partial charge in [-0.15, -0.1) is 11.3 Å². The second kappa shape index (κ2) is 7.89. The van der Waals surface area contributed by atoms with Gasteiger partial charge in [-0.3, -0.25) is 4.79 Å². The Kier molecular flexibility index (Phi) is 5.19. The maximum Gasteiger partial charge on any atom is 0.272 e. The lowest BCUT2D eigenvalue weighted by molar-refractivity contribution is 0.0689. The molecular formula is C22H24N4O3S2. The molecular weight excluding hydrogens is 432 g/mol. The van der Waals surface area contributed by atoms with E-state index in [0.717, 1.165) is 29.1 Å². The van der Waals surface area contributed by atoms with Crippen molar-refractivity contribution in [3.05, 3.63) is 64.8 Å². The van der Waals surface area contributed by atoms with E-state index in [-0.39, 0.29) is 5.91 Å². The fourth-order valence-corrected chi connectivity index (χ4v) is 6.73. The number of para-hydroxylation sites is 1. The van der Waals surface area contributed by atoms with Gasteiger partial charge in [0.2, 0.25) is 0 Å². The van der Waals surface area contributed by atoms with Gasteiger partial charge in [-0.2, -0.15) is 9.40 Å². The van der Waals surface area contributed by atoms with Crippen LogP contribution in [-0.2, 0) is 10.0 Å². The van der Waals surface area contributed by atoms with Crippen LogP contribution in [0.1, 0.15) is 39.8 Å². The highest BCUT2D eigenvalue weighted by Crippen LogP contribution is 2.40. The van der Waals surface area contributed by atoms with E-state index in [1.807, 2.05) is 49.4 Å². The van der Waals surface area contributed by atoms with Crippen molar-refractivity contribution in [1.82, 2.24) is 19.0 Å². The van der Waals surface area contributed by atoms with E-state index in [0.29, 0.717) is 42.0 Å². The van der Waals surface area contributed by atoms with Crippen molar-refractivity contribution in [3.8, 4) is 5.69 Å². The monoisotopic (exact) mass is 456 g/mol. The maximum atomic E-state index is 13.4. The lowest BCUT2D eigenvalue weighted by atomic mass is 10.2. The summed E-state index contributed by atoms with van der Waals surface area (Å²) in [6.45, 7) is 3.20. The van der Waals surface area contributed by atoms with Gasteiger partial charge in [0.25, 0.3) is 15.9 Å². The molecule has 1 saturated carbocycles. The van der Waals surface area contributed by atoms with Crippen LogP contribution in [0.15, 0.2) is 52.7 Å². The first-order valence-corrected chi connectivity index (χ1v) is 12.7. The molecule has 1 aliphatic carbocycles. The van der Waals surface area contributed by atoms with Crippen LogP contribution in [0.3, 0.4) is 0 Å². The van der Waals surface area contributed by atoms with E-state index >= 15 is 0 Å². The third kappa shape index (κ3) is 3.93. The first kappa shape index (κ1) is 20.4. The Labute approximate surface area is 186 Å². The Morgan fingerprint density at radius 2 is 1.74 bits per heavy atom. The van der Waals surface area contributed by atoms with Gasteiger partial charge in [-0.25, -0.2) is 13.1 Å². The first-order chi connectivity index (χ1) is 14.9. The molecule has 0 bridgehead atoms. The minimum absolute atomic E-state index is 0.104. The van der Waals surface area contributed by atoms with Gasteiger partial charge in [-0.1, -0.05) is 18.2 Å². The van der Waals surface area contributed by atoms with Gasteiger partial charge in [0.05, 0.1) is 11.4 Å². The van der Waals surface area contributed by atoms with Crippen molar-refractivity contribution in [1.29, 1.82) is 0 Å². The van der Waals surface area contributed by atoms with E-state index in [1.165, 1.54) is 15.6 Å². The van der Waals surface area contributed by atoms with Gasteiger partial charge < -0.3 is 4.90 Å². The summed E-state index contributed by atoms with van der Waals surface area (Å²) in [4.78, 5) is 16.1. The molecule has 2 aromatic heterocycles. The molecule has 1 aromatic carbocycles. The van der Waals surface area contributed by atoms with Crippen LogP contribution in [0.5, 0.6) is 0 Å². The molecule has 5 rings (SSSR count). The van der Waals surface area contributed by atoms with Gasteiger partial charge in [0.1, 0.15) is 9.90 Å². The highest BCUT2D eigenvalue weighted by atomic mass is 32.2. The number of rotatable bonds is 5. The predicted molar refractivity (Wildman–Crippen MR) is 119 cm³/mol. The van der Waals surface area contributed by atoms with Crippen LogP contribution in [0.25, 0.3) is 5.69 Å². The van der Waals surface area contributed by atoms with Crippen LogP contribution in [0.2, 0.25) is 0 Å². The Balaban J connectivity index is 1.35. The number of nitrogens with zero attached hydrogens (tertiary/aromatic N) is 4. The zero-order valence-corrected chi connectivity index (χ0v) is 18.9. The minimum atomic E-state index is -3.51. The van der Waals surface area contributed by atoms with Crippen molar-refractivity contribution >= 4 is 27.3 Å². The van der Waals surface area contributed by atoms with Gasteiger partial charge in [-0.05, 0) is 50.1 Å². The number of carbonyl (C=O) groups is 1. The summed E-state index contributed by atoms with van der Waals surface area (Å²) in [5.41, 5.74) is 2.35. The Morgan fingerprint density at radius 1 is 1.03 bits per heavy atom. The van der Waals surface area contributed by atoms with Gasteiger partial charge in [0, 0.05) is 37.0 Å². The molecule has 2 aliphatic rings. The molecule has 162 valence electrons. The Hall–Kier alpha value is -2.49. The number of aryl methyl sites for hydroxylation is 1. The zero-order valence-electron chi connectivity index (χ0n) is 17.3. The lowest BCUT2D eigenvalue weighted by Crippen LogP contribution is -2.50. The molecule has 1 saturated heterocycles. The van der Waals surface area contributed by atoms with Crippen molar-refractivity contribution < 1.29 is 13.2 Å². The molecule has 3 heterocycles. The number of sulfonamides is 1. The maximum absolute atomic E-state index is 13.4. The molecule has 0 N–H and O–H groups in total. The largest absolute Gasteiger partial charge is 0.335 e. The minimum Gasteiger partial charge on any atom is -0.335 e. The van der Waals surface area contributed by atoms with Crippen LogP contribution >= 0.6 is 11.3 Å². The zero-order chi connectivity index (χ0) is 21.6. The number of thiophene rings is 1. The molecule has 0 radical (unpaired) electrons. The Bertz CT molecular complexity index is 1200. The molecule has 0 spiro atoms. The molecule has 0 atom stereocenters. The standard InChI is InChI=1S/C22H24N4O3S2/c1-16-7-10-21(30-16)31(28,29)25-13-11-24(12-14-25)22(27)20-15-19(17-8-9-17)23-26(20)18-5-3-2-4-6-18/h2-7,10,15,17H,8-9,11-14H2,1H3.